The number of alkyl halides is 4. The molecule has 0 radical (unpaired) electrons. The number of rotatable bonds is 0. The fourth-order valence-electron chi connectivity index (χ4n) is 3.40. The molecular formula is C20H14Br4. The Morgan fingerprint density at radius 3 is 1.21 bits per heavy atom. The minimum atomic E-state index is 0.207. The van der Waals surface area contributed by atoms with Gasteiger partial charge in [0.1, 0.15) is 0 Å². The van der Waals surface area contributed by atoms with Crippen LogP contribution in [0.4, 0.5) is 0 Å². The molecular weight excluding hydrogens is 560 g/mol. The predicted molar refractivity (Wildman–Crippen MR) is 117 cm³/mol. The van der Waals surface area contributed by atoms with Crippen molar-refractivity contribution in [3.8, 4) is 0 Å². The summed E-state index contributed by atoms with van der Waals surface area (Å²) in [5.41, 5.74) is 5.31. The zero-order valence-electron chi connectivity index (χ0n) is 12.6. The molecule has 0 fully saturated rings. The summed E-state index contributed by atoms with van der Waals surface area (Å²) in [6.07, 6.45) is 0. The molecule has 3 aromatic carbocycles. The van der Waals surface area contributed by atoms with E-state index in [1.165, 1.54) is 33.0 Å². The molecule has 4 unspecified atom stereocenters. The number of halogens is 4. The van der Waals surface area contributed by atoms with Crippen LogP contribution in [0.3, 0.4) is 0 Å². The molecule has 4 atom stereocenters. The van der Waals surface area contributed by atoms with Gasteiger partial charge in [0.2, 0.25) is 0 Å². The maximum absolute atomic E-state index is 3.96. The van der Waals surface area contributed by atoms with E-state index in [4.69, 9.17) is 0 Å². The molecule has 0 saturated carbocycles. The summed E-state index contributed by atoms with van der Waals surface area (Å²) in [6, 6.07) is 21.8. The van der Waals surface area contributed by atoms with Crippen molar-refractivity contribution >= 4 is 74.5 Å². The maximum Gasteiger partial charge on any atom is 0.0564 e. The summed E-state index contributed by atoms with van der Waals surface area (Å²) in [7, 11) is 0. The maximum atomic E-state index is 3.96. The second-order valence-corrected chi connectivity index (χ2v) is 10.0. The lowest BCUT2D eigenvalue weighted by molar-refractivity contribution is 0.822. The van der Waals surface area contributed by atoms with E-state index >= 15 is 0 Å². The minimum Gasteiger partial charge on any atom is -0.0823 e. The number of hydrogen-bond acceptors (Lipinski definition) is 0. The Kier molecular flexibility index (Phi) is 4.94. The van der Waals surface area contributed by atoms with Crippen LogP contribution < -0.4 is 0 Å². The van der Waals surface area contributed by atoms with Crippen LogP contribution in [-0.4, -0.2) is 0 Å². The van der Waals surface area contributed by atoms with E-state index < -0.39 is 0 Å². The second-order valence-electron chi connectivity index (χ2n) is 6.06. The van der Waals surface area contributed by atoms with Gasteiger partial charge < -0.3 is 0 Å². The van der Waals surface area contributed by atoms with E-state index in [0.717, 1.165) is 0 Å². The Bertz CT molecular complexity index is 832. The molecule has 24 heavy (non-hydrogen) atoms. The summed E-state index contributed by atoms with van der Waals surface area (Å²) >= 11 is 15.8. The molecule has 0 bridgehead atoms. The van der Waals surface area contributed by atoms with Gasteiger partial charge in [0.15, 0.2) is 0 Å². The van der Waals surface area contributed by atoms with E-state index in [9.17, 15) is 0 Å². The van der Waals surface area contributed by atoms with Crippen molar-refractivity contribution in [1.29, 1.82) is 0 Å². The van der Waals surface area contributed by atoms with Crippen molar-refractivity contribution in [1.82, 2.24) is 0 Å². The Balaban J connectivity index is 1.98. The first-order valence-corrected chi connectivity index (χ1v) is 11.4. The lowest BCUT2D eigenvalue weighted by Gasteiger charge is -2.31. The lowest BCUT2D eigenvalue weighted by Crippen LogP contribution is -2.14. The number of hydrogen-bond donors (Lipinski definition) is 0. The van der Waals surface area contributed by atoms with Gasteiger partial charge in [0.05, 0.1) is 19.3 Å². The van der Waals surface area contributed by atoms with Gasteiger partial charge in [-0.25, -0.2) is 0 Å². The molecule has 0 amide bonds. The molecule has 1 aliphatic rings. The van der Waals surface area contributed by atoms with Gasteiger partial charge in [-0.05, 0) is 45.2 Å². The summed E-state index contributed by atoms with van der Waals surface area (Å²) in [6.45, 7) is 0. The van der Waals surface area contributed by atoms with Gasteiger partial charge in [0, 0.05) is 0 Å². The molecule has 0 N–H and O–H groups in total. The molecule has 4 rings (SSSR count). The van der Waals surface area contributed by atoms with Crippen LogP contribution in [0.25, 0.3) is 10.8 Å². The van der Waals surface area contributed by atoms with Gasteiger partial charge in [-0.15, -0.1) is 0 Å². The summed E-state index contributed by atoms with van der Waals surface area (Å²) in [4.78, 5) is 0.846. The first kappa shape index (κ1) is 17.3. The Labute approximate surface area is 175 Å². The van der Waals surface area contributed by atoms with E-state index in [1.54, 1.807) is 0 Å². The first-order chi connectivity index (χ1) is 11.6. The first-order valence-electron chi connectivity index (χ1n) is 7.75. The lowest BCUT2D eigenvalue weighted by atomic mass is 9.87. The van der Waals surface area contributed by atoms with E-state index in [1.807, 2.05) is 0 Å². The Morgan fingerprint density at radius 1 is 0.458 bits per heavy atom. The Hall–Kier alpha value is -0.160. The van der Waals surface area contributed by atoms with Crippen molar-refractivity contribution < 1.29 is 0 Å². The van der Waals surface area contributed by atoms with Crippen molar-refractivity contribution in [2.45, 2.75) is 19.3 Å². The quantitative estimate of drug-likeness (QED) is 0.237. The highest BCUT2D eigenvalue weighted by Gasteiger charge is 2.33. The van der Waals surface area contributed by atoms with Gasteiger partial charge in [-0.3, -0.25) is 0 Å². The normalized spacial score (nSPS) is 26.3. The highest BCUT2D eigenvalue weighted by atomic mass is 79.9. The third-order valence-electron chi connectivity index (χ3n) is 4.65. The van der Waals surface area contributed by atoms with Crippen molar-refractivity contribution in [2.24, 2.45) is 0 Å². The number of benzene rings is 3. The van der Waals surface area contributed by atoms with Crippen LogP contribution in [0, 0.1) is 0 Å². The molecule has 4 heteroatoms. The van der Waals surface area contributed by atoms with Gasteiger partial charge >= 0.3 is 0 Å². The largest absolute Gasteiger partial charge is 0.0823 e. The monoisotopic (exact) mass is 570 g/mol. The van der Waals surface area contributed by atoms with E-state index in [0.29, 0.717) is 0 Å². The topological polar surface area (TPSA) is 0 Å². The van der Waals surface area contributed by atoms with Crippen LogP contribution >= 0.6 is 63.7 Å². The summed E-state index contributed by atoms with van der Waals surface area (Å²) < 4.78 is 0. The van der Waals surface area contributed by atoms with E-state index in [2.05, 4.69) is 124 Å². The highest BCUT2D eigenvalue weighted by molar-refractivity contribution is 9.12. The van der Waals surface area contributed by atoms with Crippen LogP contribution in [0.1, 0.15) is 41.6 Å². The van der Waals surface area contributed by atoms with Gasteiger partial charge in [0.25, 0.3) is 0 Å². The average molecular weight is 574 g/mol. The molecule has 0 saturated heterocycles. The zero-order chi connectivity index (χ0) is 16.8. The second kappa shape index (κ2) is 6.86. The Morgan fingerprint density at radius 2 is 0.792 bits per heavy atom. The smallest absolute Gasteiger partial charge is 0.0564 e. The standard InChI is InChI=1S/C20H14Br4/c21-17-13-7-3-4-8-14(13)18(22)20(24)16-10-12-6-2-1-5-11(12)9-15(16)19(17)23/h1-10,17-20H. The number of fused-ring (bicyclic) bond motifs is 3. The third kappa shape index (κ3) is 2.84. The van der Waals surface area contributed by atoms with Gasteiger partial charge in [-0.2, -0.15) is 0 Å². The van der Waals surface area contributed by atoms with Crippen molar-refractivity contribution in [3.63, 3.8) is 0 Å². The van der Waals surface area contributed by atoms with Crippen molar-refractivity contribution in [3.05, 3.63) is 82.9 Å². The molecule has 0 aliphatic heterocycles. The van der Waals surface area contributed by atoms with Crippen LogP contribution in [-0.2, 0) is 0 Å². The molecule has 0 heterocycles. The molecule has 0 spiro atoms. The molecule has 1 aliphatic carbocycles. The minimum absolute atomic E-state index is 0.207. The summed E-state index contributed by atoms with van der Waals surface area (Å²) in [5.74, 6) is 0. The average Bonchev–Trinajstić information content (AvgIpc) is 2.64. The zero-order valence-corrected chi connectivity index (χ0v) is 18.9. The molecule has 0 aromatic heterocycles. The summed E-state index contributed by atoms with van der Waals surface area (Å²) in [5, 5.41) is 2.56. The molecule has 3 aromatic rings. The SMILES string of the molecule is BrC1c2ccccc2C(Br)C(Br)c2cc3ccccc3cc2C1Br. The molecule has 0 nitrogen and oxygen atoms in total. The fraction of sp³-hybridized carbons (Fsp3) is 0.200. The van der Waals surface area contributed by atoms with Crippen molar-refractivity contribution in [2.75, 3.05) is 0 Å². The van der Waals surface area contributed by atoms with Crippen LogP contribution in [0.5, 0.6) is 0 Å². The fourth-order valence-corrected chi connectivity index (χ4v) is 6.16. The van der Waals surface area contributed by atoms with Crippen LogP contribution in [0.2, 0.25) is 0 Å². The van der Waals surface area contributed by atoms with Gasteiger partial charge in [-0.1, -0.05) is 112 Å². The third-order valence-corrected chi connectivity index (χ3v) is 10.2. The van der Waals surface area contributed by atoms with Crippen LogP contribution in [0.15, 0.2) is 60.7 Å². The van der Waals surface area contributed by atoms with E-state index in [-0.39, 0.29) is 19.3 Å². The predicted octanol–water partition coefficient (Wildman–Crippen LogP) is 8.30. The molecule has 122 valence electrons. The highest BCUT2D eigenvalue weighted by Crippen LogP contribution is 2.55.